The van der Waals surface area contributed by atoms with Gasteiger partial charge >= 0.3 is 0 Å². The van der Waals surface area contributed by atoms with Gasteiger partial charge < -0.3 is 4.74 Å². The molecule has 28 heavy (non-hydrogen) atoms. The summed E-state index contributed by atoms with van der Waals surface area (Å²) in [5.74, 6) is 0.0505. The van der Waals surface area contributed by atoms with Crippen molar-refractivity contribution < 1.29 is 9.53 Å². The molecule has 0 aromatic heterocycles. The molecule has 0 aliphatic carbocycles. The molecule has 2 aliphatic heterocycles. The summed E-state index contributed by atoms with van der Waals surface area (Å²) in [5, 5.41) is 6.48. The van der Waals surface area contributed by atoms with Crippen molar-refractivity contribution in [2.24, 2.45) is 5.10 Å². The van der Waals surface area contributed by atoms with Crippen molar-refractivity contribution in [3.05, 3.63) is 70.8 Å². The second-order valence-corrected chi connectivity index (χ2v) is 7.67. The second kappa shape index (κ2) is 8.25. The van der Waals surface area contributed by atoms with Gasteiger partial charge in [-0.05, 0) is 25.0 Å². The van der Waals surface area contributed by atoms with Crippen LogP contribution in [0.1, 0.15) is 34.7 Å². The third-order valence-electron chi connectivity index (χ3n) is 5.48. The molecule has 1 atom stereocenters. The Hall–Kier alpha value is -2.50. The minimum absolute atomic E-state index is 0.0505. The molecule has 1 amide bonds. The van der Waals surface area contributed by atoms with Gasteiger partial charge in [0.05, 0.1) is 31.5 Å². The highest BCUT2D eigenvalue weighted by atomic mass is 16.5. The Balaban J connectivity index is 1.59. The smallest absolute Gasteiger partial charge is 0.257 e. The average Bonchev–Trinajstić information content (AvgIpc) is 3.15. The van der Waals surface area contributed by atoms with Crippen molar-refractivity contribution in [1.82, 2.24) is 9.91 Å². The normalized spacial score (nSPS) is 20.3. The first-order valence-corrected chi connectivity index (χ1v) is 9.93. The highest BCUT2D eigenvalue weighted by Gasteiger charge is 2.33. The van der Waals surface area contributed by atoms with E-state index in [4.69, 9.17) is 9.84 Å². The lowest BCUT2D eigenvalue weighted by Gasteiger charge is -2.29. The van der Waals surface area contributed by atoms with Crippen LogP contribution in [0, 0.1) is 13.8 Å². The van der Waals surface area contributed by atoms with Crippen LogP contribution in [0.25, 0.3) is 0 Å². The van der Waals surface area contributed by atoms with Crippen LogP contribution in [0.5, 0.6) is 0 Å². The maximum absolute atomic E-state index is 13.1. The number of rotatable bonds is 4. The second-order valence-electron chi connectivity index (χ2n) is 7.67. The maximum Gasteiger partial charge on any atom is 0.257 e. The van der Waals surface area contributed by atoms with E-state index >= 15 is 0 Å². The third-order valence-corrected chi connectivity index (χ3v) is 5.48. The molecule has 146 valence electrons. The molecule has 0 N–H and O–H groups in total. The van der Waals surface area contributed by atoms with Crippen molar-refractivity contribution >= 4 is 11.6 Å². The van der Waals surface area contributed by atoms with Crippen LogP contribution in [0.2, 0.25) is 0 Å². The van der Waals surface area contributed by atoms with Gasteiger partial charge in [0, 0.05) is 19.5 Å². The van der Waals surface area contributed by atoms with Gasteiger partial charge in [0.2, 0.25) is 0 Å². The number of carbonyl (C=O) groups is 1. The number of hydrogen-bond acceptors (Lipinski definition) is 4. The molecule has 2 heterocycles. The van der Waals surface area contributed by atoms with Gasteiger partial charge in [-0.15, -0.1) is 0 Å². The Morgan fingerprint density at radius 1 is 1.00 bits per heavy atom. The van der Waals surface area contributed by atoms with E-state index in [1.165, 1.54) is 11.1 Å². The predicted octanol–water partition coefficient (Wildman–Crippen LogP) is 3.31. The molecule has 2 aromatic carbocycles. The monoisotopic (exact) mass is 377 g/mol. The molecule has 2 aliphatic rings. The van der Waals surface area contributed by atoms with Gasteiger partial charge in [0.15, 0.2) is 0 Å². The number of ether oxygens (including phenoxy) is 1. The summed E-state index contributed by atoms with van der Waals surface area (Å²) in [6.07, 6.45) is 0.737. The van der Waals surface area contributed by atoms with Crippen LogP contribution < -0.4 is 0 Å². The Morgan fingerprint density at radius 2 is 1.61 bits per heavy atom. The van der Waals surface area contributed by atoms with Gasteiger partial charge in [0.25, 0.3) is 5.91 Å². The number of nitrogens with zero attached hydrogens (tertiary/aromatic N) is 3. The fourth-order valence-electron chi connectivity index (χ4n) is 3.73. The van der Waals surface area contributed by atoms with E-state index in [2.05, 4.69) is 67.3 Å². The molecule has 2 aromatic rings. The van der Waals surface area contributed by atoms with E-state index in [-0.39, 0.29) is 11.9 Å². The predicted molar refractivity (Wildman–Crippen MR) is 110 cm³/mol. The highest BCUT2D eigenvalue weighted by Crippen LogP contribution is 2.33. The molecular formula is C23H27N3O2. The van der Waals surface area contributed by atoms with E-state index in [0.29, 0.717) is 19.8 Å². The number of aryl methyl sites for hydroxylation is 2. The molecule has 0 unspecified atom stereocenters. The molecule has 4 rings (SSSR count). The van der Waals surface area contributed by atoms with E-state index in [1.807, 2.05) is 0 Å². The summed E-state index contributed by atoms with van der Waals surface area (Å²) in [5.41, 5.74) is 5.63. The number of carbonyl (C=O) groups excluding carboxylic acids is 1. The lowest BCUT2D eigenvalue weighted by atomic mass is 9.97. The van der Waals surface area contributed by atoms with E-state index in [1.54, 1.807) is 5.01 Å². The van der Waals surface area contributed by atoms with Gasteiger partial charge in [-0.1, -0.05) is 59.7 Å². The Morgan fingerprint density at radius 3 is 2.25 bits per heavy atom. The fourth-order valence-corrected chi connectivity index (χ4v) is 3.73. The summed E-state index contributed by atoms with van der Waals surface area (Å²) in [4.78, 5) is 15.3. The molecule has 1 saturated heterocycles. The van der Waals surface area contributed by atoms with Crippen LogP contribution in [0.3, 0.4) is 0 Å². The van der Waals surface area contributed by atoms with E-state index < -0.39 is 0 Å². The zero-order valence-electron chi connectivity index (χ0n) is 16.6. The number of amides is 1. The van der Waals surface area contributed by atoms with Crippen LogP contribution >= 0.6 is 0 Å². The first-order valence-electron chi connectivity index (χ1n) is 9.93. The topological polar surface area (TPSA) is 45.1 Å². The first kappa shape index (κ1) is 18.8. The minimum Gasteiger partial charge on any atom is -0.379 e. The molecule has 5 nitrogen and oxygen atoms in total. The first-order chi connectivity index (χ1) is 13.6. The highest BCUT2D eigenvalue weighted by molar-refractivity contribution is 6.03. The van der Waals surface area contributed by atoms with Crippen LogP contribution in [0.4, 0.5) is 0 Å². The number of morpholine rings is 1. The van der Waals surface area contributed by atoms with Gasteiger partial charge in [-0.2, -0.15) is 5.10 Å². The zero-order valence-corrected chi connectivity index (χ0v) is 16.6. The van der Waals surface area contributed by atoms with Gasteiger partial charge in [-0.3, -0.25) is 9.69 Å². The summed E-state index contributed by atoms with van der Waals surface area (Å²) >= 11 is 0. The quantitative estimate of drug-likeness (QED) is 0.821. The third kappa shape index (κ3) is 4.16. The molecule has 0 radical (unpaired) electrons. The average molecular weight is 377 g/mol. The molecular weight excluding hydrogens is 350 g/mol. The van der Waals surface area contributed by atoms with E-state index in [0.717, 1.165) is 36.3 Å². The maximum atomic E-state index is 13.1. The fraction of sp³-hybridized carbons (Fsp3) is 0.391. The summed E-state index contributed by atoms with van der Waals surface area (Å²) in [6, 6.07) is 16.8. The van der Waals surface area contributed by atoms with Crippen molar-refractivity contribution in [2.75, 3.05) is 32.8 Å². The summed E-state index contributed by atoms with van der Waals surface area (Å²) in [6.45, 7) is 7.50. The largest absolute Gasteiger partial charge is 0.379 e. The molecule has 0 spiro atoms. The number of hydrogen-bond donors (Lipinski definition) is 0. The number of benzene rings is 2. The van der Waals surface area contributed by atoms with Crippen LogP contribution in [0.15, 0.2) is 53.6 Å². The van der Waals surface area contributed by atoms with Crippen molar-refractivity contribution in [3.8, 4) is 0 Å². The Labute approximate surface area is 166 Å². The summed E-state index contributed by atoms with van der Waals surface area (Å²) < 4.78 is 5.40. The van der Waals surface area contributed by atoms with Crippen LogP contribution in [-0.4, -0.2) is 54.4 Å². The lowest BCUT2D eigenvalue weighted by molar-refractivity contribution is -0.135. The molecule has 0 saturated carbocycles. The number of hydrazone groups is 1. The molecule has 1 fully saturated rings. The molecule has 0 bridgehead atoms. The Bertz CT molecular complexity index is 852. The molecule has 5 heteroatoms. The van der Waals surface area contributed by atoms with Crippen molar-refractivity contribution in [1.29, 1.82) is 0 Å². The van der Waals surface area contributed by atoms with E-state index in [9.17, 15) is 4.79 Å². The van der Waals surface area contributed by atoms with Crippen molar-refractivity contribution in [3.63, 3.8) is 0 Å². The zero-order chi connectivity index (χ0) is 19.5. The summed E-state index contributed by atoms with van der Waals surface area (Å²) in [7, 11) is 0. The SMILES string of the molecule is Cc1ccc(C2=NN(C(=O)CN3CCOCC3)[C@@H](c3ccc(C)cc3)C2)cc1. The van der Waals surface area contributed by atoms with Crippen LogP contribution in [-0.2, 0) is 9.53 Å². The van der Waals surface area contributed by atoms with Gasteiger partial charge in [0.1, 0.15) is 0 Å². The Kier molecular flexibility index (Phi) is 5.55. The minimum atomic E-state index is -0.0505. The lowest BCUT2D eigenvalue weighted by Crippen LogP contribution is -2.43. The van der Waals surface area contributed by atoms with Crippen molar-refractivity contribution in [2.45, 2.75) is 26.3 Å². The van der Waals surface area contributed by atoms with Gasteiger partial charge in [-0.25, -0.2) is 5.01 Å². The standard InChI is InChI=1S/C23H27N3O2/c1-17-3-7-19(8-4-17)21-15-22(20-9-5-18(2)6-10-20)26(24-21)23(27)16-25-11-13-28-14-12-25/h3-10,22H,11-16H2,1-2H3/t22-/m1/s1.